The molecule has 0 atom stereocenters. The van der Waals surface area contributed by atoms with Gasteiger partial charge in [-0.25, -0.2) is 4.98 Å². The first-order valence-corrected chi connectivity index (χ1v) is 10.9. The fourth-order valence-corrected chi connectivity index (χ4v) is 5.06. The van der Waals surface area contributed by atoms with Crippen LogP contribution in [0.4, 0.5) is 0 Å². The summed E-state index contributed by atoms with van der Waals surface area (Å²) in [6.07, 6.45) is 9.04. The number of carbonyl (C=O) groups excluding carboxylic acids is 1. The standard InChI is InChI=1S/C21H28N2O3S/c1-25-17-7-8-19-18(14-17)22-21(27-19)26-16-9-11-23(12-10-16)20(24)13-15-5-3-2-4-6-15/h7-8,14-16H,2-6,9-13H2,1H3. The minimum Gasteiger partial charge on any atom is -0.497 e. The van der Waals surface area contributed by atoms with Crippen LogP contribution in [0.5, 0.6) is 10.9 Å². The van der Waals surface area contributed by atoms with Gasteiger partial charge < -0.3 is 14.4 Å². The summed E-state index contributed by atoms with van der Waals surface area (Å²) >= 11 is 1.57. The van der Waals surface area contributed by atoms with Crippen LogP contribution in [0, 0.1) is 5.92 Å². The maximum atomic E-state index is 12.6. The first-order valence-electron chi connectivity index (χ1n) is 10.1. The molecule has 6 heteroatoms. The highest BCUT2D eigenvalue weighted by Crippen LogP contribution is 2.32. The third kappa shape index (κ3) is 4.54. The molecule has 1 aliphatic carbocycles. The van der Waals surface area contributed by atoms with Crippen LogP contribution >= 0.6 is 11.3 Å². The number of carbonyl (C=O) groups is 1. The van der Waals surface area contributed by atoms with E-state index in [2.05, 4.69) is 4.98 Å². The van der Waals surface area contributed by atoms with Crippen LogP contribution in [0.3, 0.4) is 0 Å². The van der Waals surface area contributed by atoms with E-state index in [0.29, 0.717) is 17.0 Å². The number of hydrogen-bond donors (Lipinski definition) is 0. The largest absolute Gasteiger partial charge is 0.497 e. The maximum absolute atomic E-state index is 12.6. The van der Waals surface area contributed by atoms with Crippen LogP contribution in [-0.4, -0.2) is 42.1 Å². The lowest BCUT2D eigenvalue weighted by molar-refractivity contribution is -0.134. The molecule has 2 aromatic rings. The van der Waals surface area contributed by atoms with E-state index in [-0.39, 0.29) is 6.10 Å². The zero-order valence-electron chi connectivity index (χ0n) is 16.0. The maximum Gasteiger partial charge on any atom is 0.274 e. The number of amides is 1. The Hall–Kier alpha value is -1.82. The van der Waals surface area contributed by atoms with Crippen molar-refractivity contribution in [1.29, 1.82) is 0 Å². The zero-order chi connectivity index (χ0) is 18.6. The van der Waals surface area contributed by atoms with E-state index >= 15 is 0 Å². The van der Waals surface area contributed by atoms with Gasteiger partial charge in [-0.2, -0.15) is 0 Å². The van der Waals surface area contributed by atoms with Crippen molar-refractivity contribution in [2.45, 2.75) is 57.5 Å². The third-order valence-corrected chi connectivity index (χ3v) is 6.75. The monoisotopic (exact) mass is 388 g/mol. The Morgan fingerprint density at radius 2 is 1.96 bits per heavy atom. The molecule has 0 bridgehead atoms. The highest BCUT2D eigenvalue weighted by Gasteiger charge is 2.26. The Balaban J connectivity index is 1.28. The van der Waals surface area contributed by atoms with Gasteiger partial charge in [-0.15, -0.1) is 0 Å². The number of hydrogen-bond acceptors (Lipinski definition) is 5. The molecule has 27 heavy (non-hydrogen) atoms. The molecule has 2 heterocycles. The second kappa shape index (κ2) is 8.46. The Morgan fingerprint density at radius 3 is 2.70 bits per heavy atom. The van der Waals surface area contributed by atoms with Crippen molar-refractivity contribution in [3.8, 4) is 10.9 Å². The molecule has 1 saturated heterocycles. The van der Waals surface area contributed by atoms with E-state index in [4.69, 9.17) is 9.47 Å². The summed E-state index contributed by atoms with van der Waals surface area (Å²) in [6.45, 7) is 1.60. The Labute approximate surface area is 164 Å². The Morgan fingerprint density at radius 1 is 1.19 bits per heavy atom. The number of ether oxygens (including phenoxy) is 2. The SMILES string of the molecule is COc1ccc2sc(OC3CCN(C(=O)CC4CCCCC4)CC3)nc2c1. The second-order valence-electron chi connectivity index (χ2n) is 7.72. The molecule has 1 amide bonds. The molecule has 0 unspecified atom stereocenters. The number of methoxy groups -OCH3 is 1. The fraction of sp³-hybridized carbons (Fsp3) is 0.619. The van der Waals surface area contributed by atoms with Crippen molar-refractivity contribution in [1.82, 2.24) is 9.88 Å². The molecule has 0 spiro atoms. The fourth-order valence-electron chi connectivity index (χ4n) is 4.20. The first-order chi connectivity index (χ1) is 13.2. The van der Waals surface area contributed by atoms with Crippen molar-refractivity contribution in [2.24, 2.45) is 5.92 Å². The van der Waals surface area contributed by atoms with E-state index in [0.717, 1.165) is 48.3 Å². The molecule has 0 N–H and O–H groups in total. The van der Waals surface area contributed by atoms with Crippen molar-refractivity contribution in [3.05, 3.63) is 18.2 Å². The summed E-state index contributed by atoms with van der Waals surface area (Å²) in [5.74, 6) is 1.76. The van der Waals surface area contributed by atoms with Crippen molar-refractivity contribution in [2.75, 3.05) is 20.2 Å². The van der Waals surface area contributed by atoms with E-state index in [1.165, 1.54) is 32.1 Å². The predicted octanol–water partition coefficient (Wildman–Crippen LogP) is 4.65. The Bertz CT molecular complexity index is 777. The summed E-state index contributed by atoms with van der Waals surface area (Å²) in [5, 5.41) is 0.713. The lowest BCUT2D eigenvalue weighted by Crippen LogP contribution is -2.42. The highest BCUT2D eigenvalue weighted by atomic mass is 32.1. The Kier molecular flexibility index (Phi) is 5.81. The van der Waals surface area contributed by atoms with Crippen molar-refractivity contribution in [3.63, 3.8) is 0 Å². The van der Waals surface area contributed by atoms with Crippen LogP contribution in [-0.2, 0) is 4.79 Å². The van der Waals surface area contributed by atoms with E-state index < -0.39 is 0 Å². The molecule has 1 aromatic heterocycles. The number of nitrogens with zero attached hydrogens (tertiary/aromatic N) is 2. The first kappa shape index (κ1) is 18.5. The molecule has 2 aliphatic rings. The zero-order valence-corrected chi connectivity index (χ0v) is 16.8. The predicted molar refractivity (Wildman–Crippen MR) is 108 cm³/mol. The van der Waals surface area contributed by atoms with E-state index in [1.54, 1.807) is 18.4 Å². The van der Waals surface area contributed by atoms with Crippen LogP contribution in [0.1, 0.15) is 51.4 Å². The van der Waals surface area contributed by atoms with E-state index in [1.807, 2.05) is 23.1 Å². The van der Waals surface area contributed by atoms with E-state index in [9.17, 15) is 4.79 Å². The molecular formula is C21H28N2O3S. The number of piperidine rings is 1. The minimum absolute atomic E-state index is 0.145. The van der Waals surface area contributed by atoms with Crippen LogP contribution in [0.15, 0.2) is 18.2 Å². The van der Waals surface area contributed by atoms with Gasteiger partial charge in [0, 0.05) is 38.4 Å². The molecule has 5 nitrogen and oxygen atoms in total. The van der Waals surface area contributed by atoms with Crippen LogP contribution < -0.4 is 9.47 Å². The minimum atomic E-state index is 0.145. The average molecular weight is 389 g/mol. The summed E-state index contributed by atoms with van der Waals surface area (Å²) < 4.78 is 12.5. The quantitative estimate of drug-likeness (QED) is 0.748. The second-order valence-corrected chi connectivity index (χ2v) is 8.71. The molecular weight excluding hydrogens is 360 g/mol. The number of benzene rings is 1. The molecule has 0 radical (unpaired) electrons. The van der Waals surface area contributed by atoms with Gasteiger partial charge in [0.05, 0.1) is 17.3 Å². The van der Waals surface area contributed by atoms with Crippen LogP contribution in [0.2, 0.25) is 0 Å². The average Bonchev–Trinajstić information content (AvgIpc) is 3.10. The topological polar surface area (TPSA) is 51.7 Å². The third-order valence-electron chi connectivity index (χ3n) is 5.83. The lowest BCUT2D eigenvalue weighted by atomic mass is 9.86. The smallest absolute Gasteiger partial charge is 0.274 e. The van der Waals surface area contributed by atoms with Crippen molar-refractivity contribution < 1.29 is 14.3 Å². The highest BCUT2D eigenvalue weighted by molar-refractivity contribution is 7.20. The van der Waals surface area contributed by atoms with Gasteiger partial charge in [0.15, 0.2) is 0 Å². The molecule has 1 aliphatic heterocycles. The number of aromatic nitrogens is 1. The lowest BCUT2D eigenvalue weighted by Gasteiger charge is -2.33. The molecule has 2 fully saturated rings. The van der Waals surface area contributed by atoms with Gasteiger partial charge in [0.2, 0.25) is 5.91 Å². The normalized spacial score (nSPS) is 19.4. The van der Waals surface area contributed by atoms with Gasteiger partial charge in [-0.3, -0.25) is 4.79 Å². The van der Waals surface area contributed by atoms with Crippen molar-refractivity contribution >= 4 is 27.5 Å². The van der Waals surface area contributed by atoms with Gasteiger partial charge >= 0.3 is 0 Å². The number of thiazole rings is 1. The van der Waals surface area contributed by atoms with Gasteiger partial charge in [0.25, 0.3) is 5.19 Å². The molecule has 146 valence electrons. The summed E-state index contributed by atoms with van der Waals surface area (Å²) in [4.78, 5) is 19.2. The summed E-state index contributed by atoms with van der Waals surface area (Å²) in [6, 6.07) is 5.90. The number of likely N-dealkylation sites (tertiary alicyclic amines) is 1. The van der Waals surface area contributed by atoms with Crippen LogP contribution in [0.25, 0.3) is 10.2 Å². The number of fused-ring (bicyclic) bond motifs is 1. The van der Waals surface area contributed by atoms with Gasteiger partial charge in [0.1, 0.15) is 11.9 Å². The summed E-state index contributed by atoms with van der Waals surface area (Å²) in [7, 11) is 1.66. The number of rotatable bonds is 5. The molecule has 4 rings (SSSR count). The summed E-state index contributed by atoms with van der Waals surface area (Å²) in [5.41, 5.74) is 0.912. The molecule has 1 aromatic carbocycles. The molecule has 1 saturated carbocycles. The van der Waals surface area contributed by atoms with Gasteiger partial charge in [-0.05, 0) is 30.9 Å². The van der Waals surface area contributed by atoms with Gasteiger partial charge in [-0.1, -0.05) is 30.6 Å².